The first kappa shape index (κ1) is 29.6. The first-order chi connectivity index (χ1) is 12.7. The summed E-state index contributed by atoms with van der Waals surface area (Å²) in [6, 6.07) is 0. The molecule has 12 nitrogen and oxygen atoms in total. The van der Waals surface area contributed by atoms with E-state index >= 15 is 0 Å². The van der Waals surface area contributed by atoms with Crippen LogP contribution < -0.4 is 17.2 Å². The summed E-state index contributed by atoms with van der Waals surface area (Å²) in [5.74, 6) is 0.333. The van der Waals surface area contributed by atoms with E-state index in [-0.39, 0.29) is 35.5 Å². The Labute approximate surface area is 165 Å². The Hall–Kier alpha value is -2.13. The van der Waals surface area contributed by atoms with Gasteiger partial charge in [-0.25, -0.2) is 0 Å². The quantitative estimate of drug-likeness (QED) is 0.419. The maximum atomic E-state index is 9.98. The lowest BCUT2D eigenvalue weighted by Crippen LogP contribution is -2.11. The van der Waals surface area contributed by atoms with Crippen molar-refractivity contribution < 1.29 is 39.6 Å². The van der Waals surface area contributed by atoms with Gasteiger partial charge in [0.2, 0.25) is 17.7 Å². The highest BCUT2D eigenvalue weighted by atomic mass is 32.1. The number of rotatable bonds is 3. The van der Waals surface area contributed by atoms with Gasteiger partial charge in [-0.3, -0.25) is 14.4 Å². The lowest BCUT2D eigenvalue weighted by atomic mass is 10.4. The molecule has 15 heteroatoms. The van der Waals surface area contributed by atoms with E-state index < -0.39 is 34.7 Å². The molecule has 3 aliphatic carbocycles. The van der Waals surface area contributed by atoms with Crippen molar-refractivity contribution in [2.75, 3.05) is 0 Å². The molecule has 156 valence electrons. The lowest BCUT2D eigenvalue weighted by molar-refractivity contribution is -0.120. The summed E-state index contributed by atoms with van der Waals surface area (Å²) in [5, 5.41) is 0. The van der Waals surface area contributed by atoms with Crippen molar-refractivity contribution in [3.63, 3.8) is 0 Å². The summed E-state index contributed by atoms with van der Waals surface area (Å²) in [6.45, 7) is 0. The van der Waals surface area contributed by atoms with Crippen LogP contribution in [0.3, 0.4) is 0 Å². The summed E-state index contributed by atoms with van der Waals surface area (Å²) in [7, 11) is 0. The molecule has 0 aromatic heterocycles. The van der Waals surface area contributed by atoms with Crippen LogP contribution in [0.1, 0.15) is 38.5 Å². The lowest BCUT2D eigenvalue weighted by Gasteiger charge is -1.77. The van der Waals surface area contributed by atoms with Crippen LogP contribution in [-0.4, -0.2) is 43.0 Å². The van der Waals surface area contributed by atoms with Crippen LogP contribution in [-0.2, 0) is 49.1 Å². The maximum absolute atomic E-state index is 9.98. The summed E-state index contributed by atoms with van der Waals surface area (Å²) in [5.41, 5.74) is 14.6. The number of amides is 3. The Morgan fingerprint density at radius 2 is 0.593 bits per heavy atom. The van der Waals surface area contributed by atoms with E-state index in [1.54, 1.807) is 0 Å². The molecule has 3 amide bonds. The van der Waals surface area contributed by atoms with E-state index in [1.807, 2.05) is 0 Å². The Morgan fingerprint density at radius 1 is 0.481 bits per heavy atom. The van der Waals surface area contributed by atoms with Gasteiger partial charge in [0.15, 0.2) is 0 Å². The second-order valence-corrected chi connectivity index (χ2v) is 5.64. The van der Waals surface area contributed by atoms with Crippen molar-refractivity contribution in [3.8, 4) is 0 Å². The highest BCUT2D eigenvalue weighted by Gasteiger charge is 2.27. The van der Waals surface area contributed by atoms with E-state index in [0.717, 1.165) is 38.5 Å². The van der Waals surface area contributed by atoms with Gasteiger partial charge in [-0.1, -0.05) is 0 Å². The van der Waals surface area contributed by atoms with E-state index in [9.17, 15) is 14.4 Å². The fraction of sp³-hybridized carbons (Fsp3) is 0.750. The molecule has 0 aromatic rings. The van der Waals surface area contributed by atoms with Crippen molar-refractivity contribution in [2.24, 2.45) is 35.0 Å². The third-order valence-corrected chi connectivity index (χ3v) is 2.94. The molecular weight excluding hydrogens is 426 g/mol. The number of carbonyl (C=O) groups excluding carboxylic acids is 3. The first-order valence-corrected chi connectivity index (χ1v) is 9.29. The second-order valence-electron chi connectivity index (χ2n) is 5.23. The molecule has 0 bridgehead atoms. The number of carbonyl (C=O) groups is 3. The zero-order valence-electron chi connectivity index (χ0n) is 14.1. The summed E-state index contributed by atoms with van der Waals surface area (Å²) < 4.78 is 49.7. The summed E-state index contributed by atoms with van der Waals surface area (Å²) in [6.07, 6.45) is 6.14. The van der Waals surface area contributed by atoms with Crippen LogP contribution in [0.25, 0.3) is 0 Å². The molecular formula is C12H21N3O9S3. The van der Waals surface area contributed by atoms with Gasteiger partial charge in [-0.15, -0.1) is 0 Å². The van der Waals surface area contributed by atoms with Crippen LogP contribution in [0.2, 0.25) is 0 Å². The van der Waals surface area contributed by atoms with Gasteiger partial charge < -0.3 is 17.2 Å². The van der Waals surface area contributed by atoms with Crippen molar-refractivity contribution >= 4 is 52.4 Å². The average molecular weight is 448 g/mol. The summed E-state index contributed by atoms with van der Waals surface area (Å²) in [4.78, 5) is 30.0. The number of hydrogen-bond acceptors (Lipinski definition) is 9. The van der Waals surface area contributed by atoms with Crippen LogP contribution >= 0.6 is 0 Å². The molecule has 3 rings (SSSR count). The van der Waals surface area contributed by atoms with Crippen LogP contribution in [0.15, 0.2) is 0 Å². The van der Waals surface area contributed by atoms with Gasteiger partial charge in [0.25, 0.3) is 0 Å². The highest BCUT2D eigenvalue weighted by Crippen LogP contribution is 2.28. The Morgan fingerprint density at radius 3 is 0.593 bits per heavy atom. The molecule has 0 aromatic carbocycles. The highest BCUT2D eigenvalue weighted by molar-refractivity contribution is 7.52. The molecule has 0 radical (unpaired) electrons. The molecule has 0 aliphatic heterocycles. The second kappa shape index (κ2) is 20.2. The van der Waals surface area contributed by atoms with Crippen LogP contribution in [0.5, 0.6) is 0 Å². The van der Waals surface area contributed by atoms with Crippen molar-refractivity contribution in [1.29, 1.82) is 0 Å². The molecule has 3 fully saturated rings. The Kier molecular flexibility index (Phi) is 22.1. The SMILES string of the molecule is NC(=O)C1CC1.NC(=O)C1CC1.NC(=O)C1CC1.O=S=O.O=S=O.O=S=O. The molecule has 6 N–H and O–H groups in total. The molecule has 0 saturated heterocycles. The third-order valence-electron chi connectivity index (χ3n) is 2.94. The number of hydrogen-bond donors (Lipinski definition) is 3. The Bertz CT molecular complexity index is 491. The molecule has 27 heavy (non-hydrogen) atoms. The monoisotopic (exact) mass is 447 g/mol. The van der Waals surface area contributed by atoms with Gasteiger partial charge in [-0.2, -0.15) is 25.3 Å². The normalized spacial score (nSPS) is 15.1. The number of nitrogens with two attached hydrogens (primary N) is 3. The van der Waals surface area contributed by atoms with E-state index in [1.165, 1.54) is 0 Å². The van der Waals surface area contributed by atoms with Gasteiger partial charge in [0.1, 0.15) is 0 Å². The minimum absolute atomic E-state index is 0.130. The van der Waals surface area contributed by atoms with Crippen molar-refractivity contribution in [3.05, 3.63) is 0 Å². The third kappa shape index (κ3) is 32.1. The standard InChI is InChI=1S/3C4H7NO.3O2S/c3*5-4(6)3-1-2-3;3*1-3-2/h3*3H,1-2H2,(H2,5,6);;;. The molecule has 0 heterocycles. The molecule has 3 saturated carbocycles. The first-order valence-electron chi connectivity index (χ1n) is 7.29. The number of primary amides is 3. The van der Waals surface area contributed by atoms with Gasteiger partial charge in [0.05, 0.1) is 0 Å². The average Bonchev–Trinajstić information content (AvgIpc) is 3.46. The summed E-state index contributed by atoms with van der Waals surface area (Å²) >= 11 is -2.25. The minimum atomic E-state index is -0.750. The van der Waals surface area contributed by atoms with Crippen molar-refractivity contribution in [2.45, 2.75) is 38.5 Å². The zero-order chi connectivity index (χ0) is 21.8. The molecule has 0 atom stereocenters. The van der Waals surface area contributed by atoms with E-state index in [2.05, 4.69) is 0 Å². The van der Waals surface area contributed by atoms with Gasteiger partial charge >= 0.3 is 34.7 Å². The van der Waals surface area contributed by atoms with Gasteiger partial charge in [-0.05, 0) is 38.5 Å². The predicted molar refractivity (Wildman–Crippen MR) is 92.5 cm³/mol. The maximum Gasteiger partial charge on any atom is 0.335 e. The Balaban J connectivity index is -0.000000266. The fourth-order valence-corrected chi connectivity index (χ4v) is 1.10. The molecule has 3 aliphatic rings. The predicted octanol–water partition coefficient (Wildman–Crippen LogP) is -2.37. The van der Waals surface area contributed by atoms with Crippen LogP contribution in [0, 0.1) is 17.8 Å². The van der Waals surface area contributed by atoms with Crippen molar-refractivity contribution in [1.82, 2.24) is 0 Å². The van der Waals surface area contributed by atoms with Gasteiger partial charge in [0, 0.05) is 17.8 Å². The topological polar surface area (TPSA) is 232 Å². The smallest absolute Gasteiger partial charge is 0.335 e. The van der Waals surface area contributed by atoms with Crippen LogP contribution in [0.4, 0.5) is 0 Å². The minimum Gasteiger partial charge on any atom is -0.369 e. The fourth-order valence-electron chi connectivity index (χ4n) is 1.10. The largest absolute Gasteiger partial charge is 0.369 e. The van der Waals surface area contributed by atoms with E-state index in [4.69, 9.17) is 42.5 Å². The molecule has 0 spiro atoms. The zero-order valence-corrected chi connectivity index (χ0v) is 16.6. The molecule has 0 unspecified atom stereocenters. The van der Waals surface area contributed by atoms with E-state index in [0.29, 0.717) is 0 Å².